The van der Waals surface area contributed by atoms with E-state index in [4.69, 9.17) is 5.11 Å². The highest BCUT2D eigenvalue weighted by Crippen LogP contribution is 2.09. The van der Waals surface area contributed by atoms with Gasteiger partial charge in [0, 0.05) is 6.04 Å². The third kappa shape index (κ3) is 6.81. The summed E-state index contributed by atoms with van der Waals surface area (Å²) in [4.78, 5) is 22.2. The Bertz CT molecular complexity index is 256. The van der Waals surface area contributed by atoms with E-state index in [2.05, 4.69) is 24.5 Å². The van der Waals surface area contributed by atoms with E-state index < -0.39 is 18.0 Å². The largest absolute Gasteiger partial charge is 0.480 e. The van der Waals surface area contributed by atoms with Gasteiger partial charge in [0.2, 0.25) is 0 Å². The molecule has 5 heteroatoms. The fraction of sp³-hybridized carbons (Fsp3) is 0.833. The van der Waals surface area contributed by atoms with Crippen molar-refractivity contribution in [1.29, 1.82) is 0 Å². The average molecular weight is 244 g/mol. The van der Waals surface area contributed by atoms with Gasteiger partial charge in [-0.3, -0.25) is 0 Å². The SMILES string of the molecule is CCC(C)CC(C)NC(=O)N[C@@H](CC)C(=O)O. The van der Waals surface area contributed by atoms with E-state index in [0.717, 1.165) is 12.8 Å². The molecule has 0 fully saturated rings. The summed E-state index contributed by atoms with van der Waals surface area (Å²) in [6.45, 7) is 7.88. The van der Waals surface area contributed by atoms with E-state index in [1.807, 2.05) is 6.92 Å². The first-order valence-corrected chi connectivity index (χ1v) is 6.20. The summed E-state index contributed by atoms with van der Waals surface area (Å²) in [6.07, 6.45) is 2.34. The number of carbonyl (C=O) groups is 2. The van der Waals surface area contributed by atoms with Gasteiger partial charge in [-0.1, -0.05) is 27.2 Å². The lowest BCUT2D eigenvalue weighted by Gasteiger charge is -2.19. The molecule has 0 aliphatic rings. The molecule has 0 aromatic carbocycles. The Labute approximate surface area is 103 Å². The van der Waals surface area contributed by atoms with Crippen LogP contribution in [0.25, 0.3) is 0 Å². The van der Waals surface area contributed by atoms with Gasteiger partial charge in [0.15, 0.2) is 0 Å². The summed E-state index contributed by atoms with van der Waals surface area (Å²) in [5, 5.41) is 14.0. The Kier molecular flexibility index (Phi) is 7.34. The highest BCUT2D eigenvalue weighted by molar-refractivity contribution is 5.82. The van der Waals surface area contributed by atoms with Crippen molar-refractivity contribution in [2.45, 2.75) is 59.0 Å². The highest BCUT2D eigenvalue weighted by Gasteiger charge is 2.18. The van der Waals surface area contributed by atoms with E-state index in [9.17, 15) is 9.59 Å². The van der Waals surface area contributed by atoms with Crippen molar-refractivity contribution >= 4 is 12.0 Å². The number of amides is 2. The van der Waals surface area contributed by atoms with Gasteiger partial charge in [0.05, 0.1) is 0 Å². The number of carboxylic acids is 1. The van der Waals surface area contributed by atoms with Crippen molar-refractivity contribution in [2.24, 2.45) is 5.92 Å². The summed E-state index contributed by atoms with van der Waals surface area (Å²) in [6, 6.07) is -1.17. The molecular weight excluding hydrogens is 220 g/mol. The third-order valence-electron chi connectivity index (χ3n) is 2.84. The molecule has 17 heavy (non-hydrogen) atoms. The monoisotopic (exact) mass is 244 g/mol. The molecule has 0 aromatic rings. The molecule has 0 saturated carbocycles. The quantitative estimate of drug-likeness (QED) is 0.640. The van der Waals surface area contributed by atoms with E-state index >= 15 is 0 Å². The Hall–Kier alpha value is -1.26. The number of nitrogens with one attached hydrogen (secondary N) is 2. The van der Waals surface area contributed by atoms with E-state index in [1.54, 1.807) is 6.92 Å². The summed E-state index contributed by atoms with van der Waals surface area (Å²) in [5.74, 6) is -0.455. The Morgan fingerprint density at radius 1 is 1.12 bits per heavy atom. The molecule has 0 saturated heterocycles. The minimum atomic E-state index is -1.00. The van der Waals surface area contributed by atoms with Crippen LogP contribution in [0.5, 0.6) is 0 Å². The Morgan fingerprint density at radius 3 is 2.12 bits per heavy atom. The molecular formula is C12H24N2O3. The van der Waals surface area contributed by atoms with Gasteiger partial charge in [0.1, 0.15) is 6.04 Å². The molecule has 0 radical (unpaired) electrons. The predicted octanol–water partition coefficient (Wildman–Crippen LogP) is 1.97. The molecule has 3 N–H and O–H groups in total. The molecule has 0 aliphatic carbocycles. The zero-order chi connectivity index (χ0) is 13.4. The van der Waals surface area contributed by atoms with E-state index in [1.165, 1.54) is 0 Å². The minimum Gasteiger partial charge on any atom is -0.480 e. The molecule has 0 heterocycles. The van der Waals surface area contributed by atoms with Crippen LogP contribution in [0.4, 0.5) is 4.79 Å². The Balaban J connectivity index is 4.04. The van der Waals surface area contributed by atoms with Crippen LogP contribution in [0.1, 0.15) is 47.0 Å². The molecule has 2 amide bonds. The first kappa shape index (κ1) is 15.7. The van der Waals surface area contributed by atoms with Crippen molar-refractivity contribution in [2.75, 3.05) is 0 Å². The molecule has 3 atom stereocenters. The van der Waals surface area contributed by atoms with Gasteiger partial charge in [-0.05, 0) is 25.7 Å². The standard InChI is InChI=1S/C12H24N2O3/c1-5-8(3)7-9(4)13-12(17)14-10(6-2)11(15)16/h8-10H,5-7H2,1-4H3,(H,15,16)(H2,13,14,17)/t8?,9?,10-/m0/s1. The number of carbonyl (C=O) groups excluding carboxylic acids is 1. The van der Waals surface area contributed by atoms with Crippen molar-refractivity contribution < 1.29 is 14.7 Å². The van der Waals surface area contributed by atoms with Crippen LogP contribution in [0, 0.1) is 5.92 Å². The van der Waals surface area contributed by atoms with Gasteiger partial charge in [0.25, 0.3) is 0 Å². The van der Waals surface area contributed by atoms with Crippen LogP contribution in [0.2, 0.25) is 0 Å². The van der Waals surface area contributed by atoms with Crippen LogP contribution in [-0.2, 0) is 4.79 Å². The summed E-state index contributed by atoms with van der Waals surface area (Å²) in [5.41, 5.74) is 0. The second kappa shape index (κ2) is 7.92. The number of aliphatic carboxylic acids is 1. The lowest BCUT2D eigenvalue weighted by molar-refractivity contribution is -0.139. The van der Waals surface area contributed by atoms with Crippen LogP contribution < -0.4 is 10.6 Å². The molecule has 0 rings (SSSR count). The second-order valence-electron chi connectivity index (χ2n) is 4.57. The number of hydrogen-bond donors (Lipinski definition) is 3. The fourth-order valence-electron chi connectivity index (χ4n) is 1.59. The maximum Gasteiger partial charge on any atom is 0.326 e. The zero-order valence-corrected chi connectivity index (χ0v) is 11.1. The molecule has 5 nitrogen and oxygen atoms in total. The third-order valence-corrected chi connectivity index (χ3v) is 2.84. The van der Waals surface area contributed by atoms with E-state index in [0.29, 0.717) is 12.3 Å². The topological polar surface area (TPSA) is 78.4 Å². The van der Waals surface area contributed by atoms with Crippen molar-refractivity contribution in [3.63, 3.8) is 0 Å². The minimum absolute atomic E-state index is 0.0521. The first-order chi connectivity index (χ1) is 7.90. The Morgan fingerprint density at radius 2 is 1.71 bits per heavy atom. The molecule has 0 aromatic heterocycles. The number of hydrogen-bond acceptors (Lipinski definition) is 2. The number of carboxylic acid groups (broad SMARTS) is 1. The van der Waals surface area contributed by atoms with Gasteiger partial charge in [-0.15, -0.1) is 0 Å². The molecule has 0 bridgehead atoms. The zero-order valence-electron chi connectivity index (χ0n) is 11.1. The van der Waals surface area contributed by atoms with Gasteiger partial charge < -0.3 is 15.7 Å². The molecule has 0 spiro atoms. The second-order valence-corrected chi connectivity index (χ2v) is 4.57. The maximum atomic E-state index is 11.5. The van der Waals surface area contributed by atoms with Gasteiger partial charge >= 0.3 is 12.0 Å². The van der Waals surface area contributed by atoms with Gasteiger partial charge in [-0.25, -0.2) is 9.59 Å². The van der Waals surface area contributed by atoms with Crippen molar-refractivity contribution in [3.8, 4) is 0 Å². The summed E-state index contributed by atoms with van der Waals surface area (Å²) in [7, 11) is 0. The van der Waals surface area contributed by atoms with Crippen LogP contribution in [-0.4, -0.2) is 29.2 Å². The number of rotatable bonds is 7. The smallest absolute Gasteiger partial charge is 0.326 e. The van der Waals surface area contributed by atoms with Crippen LogP contribution >= 0.6 is 0 Å². The highest BCUT2D eigenvalue weighted by atomic mass is 16.4. The van der Waals surface area contributed by atoms with Crippen LogP contribution in [0.15, 0.2) is 0 Å². The molecule has 2 unspecified atom stereocenters. The fourth-order valence-corrected chi connectivity index (χ4v) is 1.59. The van der Waals surface area contributed by atoms with E-state index in [-0.39, 0.29) is 6.04 Å². The maximum absolute atomic E-state index is 11.5. The average Bonchev–Trinajstić information content (AvgIpc) is 2.24. The van der Waals surface area contributed by atoms with Crippen molar-refractivity contribution in [1.82, 2.24) is 10.6 Å². The van der Waals surface area contributed by atoms with Gasteiger partial charge in [-0.2, -0.15) is 0 Å². The summed E-state index contributed by atoms with van der Waals surface area (Å²) < 4.78 is 0. The number of urea groups is 1. The molecule has 0 aliphatic heterocycles. The lowest BCUT2D eigenvalue weighted by Crippen LogP contribution is -2.48. The first-order valence-electron chi connectivity index (χ1n) is 6.20. The molecule has 100 valence electrons. The normalized spacial score (nSPS) is 15.8. The summed E-state index contributed by atoms with van der Waals surface area (Å²) >= 11 is 0. The lowest BCUT2D eigenvalue weighted by atomic mass is 10.0. The van der Waals surface area contributed by atoms with Crippen LogP contribution in [0.3, 0.4) is 0 Å². The predicted molar refractivity (Wildman–Crippen MR) is 66.9 cm³/mol. The van der Waals surface area contributed by atoms with Crippen molar-refractivity contribution in [3.05, 3.63) is 0 Å².